The van der Waals surface area contributed by atoms with Crippen molar-refractivity contribution in [2.75, 3.05) is 6.54 Å². The van der Waals surface area contributed by atoms with Crippen molar-refractivity contribution in [1.82, 2.24) is 4.98 Å². The lowest BCUT2D eigenvalue weighted by atomic mass is 10.0. The van der Waals surface area contributed by atoms with E-state index in [-0.39, 0.29) is 0 Å². The van der Waals surface area contributed by atoms with E-state index in [1.807, 2.05) is 72.8 Å². The average molecular weight is 401 g/mol. The van der Waals surface area contributed by atoms with E-state index >= 15 is 0 Å². The van der Waals surface area contributed by atoms with Gasteiger partial charge in [-0.1, -0.05) is 60.1 Å². The van der Waals surface area contributed by atoms with Crippen LogP contribution in [0.2, 0.25) is 5.02 Å². The van der Waals surface area contributed by atoms with Crippen LogP contribution in [0.4, 0.5) is 0 Å². The van der Waals surface area contributed by atoms with Crippen molar-refractivity contribution in [3.63, 3.8) is 0 Å². The van der Waals surface area contributed by atoms with Gasteiger partial charge in [-0.3, -0.25) is 0 Å². The fourth-order valence-corrected chi connectivity index (χ4v) is 3.26. The summed E-state index contributed by atoms with van der Waals surface area (Å²) in [5, 5.41) is 1.85. The molecule has 0 saturated heterocycles. The molecule has 0 bridgehead atoms. The Labute approximate surface area is 175 Å². The summed E-state index contributed by atoms with van der Waals surface area (Å²) in [5.74, 6) is 0.798. The smallest absolute Gasteiger partial charge is 0.130 e. The van der Waals surface area contributed by atoms with Gasteiger partial charge in [0.05, 0.1) is 11.2 Å². The molecule has 0 unspecified atom stereocenters. The molecule has 29 heavy (non-hydrogen) atoms. The molecule has 1 aromatic heterocycles. The van der Waals surface area contributed by atoms with Crippen LogP contribution in [-0.2, 0) is 6.61 Å². The van der Waals surface area contributed by atoms with E-state index in [9.17, 15) is 0 Å². The standard InChI is InChI=1S/C25H21ClN2O/c26-22-10-5-18(6-11-22)15-21(16-27)19-8-13-24(14-9-19)29-17-23-12-7-20-3-1-2-4-25(20)28-23/h1-15H,16-17,27H2. The third-order valence-electron chi connectivity index (χ3n) is 4.70. The van der Waals surface area contributed by atoms with Crippen LogP contribution in [-0.4, -0.2) is 11.5 Å². The SMILES string of the molecule is NCC(=Cc1ccc(Cl)cc1)c1ccc(OCc2ccc3ccccc3n2)cc1. The highest BCUT2D eigenvalue weighted by Crippen LogP contribution is 2.22. The Morgan fingerprint density at radius 2 is 1.66 bits per heavy atom. The number of halogens is 1. The van der Waals surface area contributed by atoms with E-state index < -0.39 is 0 Å². The minimum atomic E-state index is 0.425. The fraction of sp³-hybridized carbons (Fsp3) is 0.0800. The molecule has 3 nitrogen and oxygen atoms in total. The van der Waals surface area contributed by atoms with Crippen molar-refractivity contribution in [1.29, 1.82) is 0 Å². The molecule has 0 aliphatic carbocycles. The lowest BCUT2D eigenvalue weighted by Gasteiger charge is -2.09. The number of pyridine rings is 1. The number of nitrogens with zero attached hydrogens (tertiary/aromatic N) is 1. The molecule has 0 fully saturated rings. The number of rotatable bonds is 6. The Morgan fingerprint density at radius 3 is 2.41 bits per heavy atom. The summed E-state index contributed by atoms with van der Waals surface area (Å²) in [6.45, 7) is 0.873. The Morgan fingerprint density at radius 1 is 0.897 bits per heavy atom. The molecule has 0 saturated carbocycles. The van der Waals surface area contributed by atoms with Crippen molar-refractivity contribution in [2.24, 2.45) is 5.73 Å². The van der Waals surface area contributed by atoms with Crippen molar-refractivity contribution in [3.05, 3.63) is 107 Å². The van der Waals surface area contributed by atoms with Crippen molar-refractivity contribution in [2.45, 2.75) is 6.61 Å². The molecule has 0 aliphatic rings. The maximum absolute atomic E-state index is 5.97. The fourth-order valence-electron chi connectivity index (χ4n) is 3.13. The molecule has 4 rings (SSSR count). The van der Waals surface area contributed by atoms with Crippen LogP contribution in [0.1, 0.15) is 16.8 Å². The molecule has 0 radical (unpaired) electrons. The van der Waals surface area contributed by atoms with Gasteiger partial charge < -0.3 is 10.5 Å². The molecule has 3 aromatic carbocycles. The van der Waals surface area contributed by atoms with Gasteiger partial charge in [-0.25, -0.2) is 4.98 Å². The Bertz CT molecular complexity index is 1140. The van der Waals surface area contributed by atoms with Gasteiger partial charge in [0.1, 0.15) is 12.4 Å². The number of ether oxygens (including phenoxy) is 1. The third-order valence-corrected chi connectivity index (χ3v) is 4.95. The van der Waals surface area contributed by atoms with E-state index in [0.717, 1.165) is 44.1 Å². The van der Waals surface area contributed by atoms with Crippen LogP contribution in [0.5, 0.6) is 5.75 Å². The molecule has 1 heterocycles. The summed E-state index contributed by atoms with van der Waals surface area (Å²) >= 11 is 5.96. The highest BCUT2D eigenvalue weighted by molar-refractivity contribution is 6.30. The number of benzene rings is 3. The molecular formula is C25H21ClN2O. The molecular weight excluding hydrogens is 380 g/mol. The summed E-state index contributed by atoms with van der Waals surface area (Å²) < 4.78 is 5.91. The maximum Gasteiger partial charge on any atom is 0.130 e. The maximum atomic E-state index is 5.97. The molecule has 4 aromatic rings. The Hall–Kier alpha value is -3.14. The van der Waals surface area contributed by atoms with Crippen molar-refractivity contribution < 1.29 is 4.74 Å². The molecule has 2 N–H and O–H groups in total. The number of para-hydroxylation sites is 1. The molecule has 4 heteroatoms. The molecule has 0 amide bonds. The van der Waals surface area contributed by atoms with Crippen LogP contribution in [0.15, 0.2) is 84.9 Å². The number of nitrogens with two attached hydrogens (primary N) is 1. The van der Waals surface area contributed by atoms with E-state index in [0.29, 0.717) is 13.2 Å². The summed E-state index contributed by atoms with van der Waals surface area (Å²) in [4.78, 5) is 4.64. The molecule has 0 aliphatic heterocycles. The largest absolute Gasteiger partial charge is 0.487 e. The predicted octanol–water partition coefficient (Wildman–Crippen LogP) is 5.97. The first-order valence-corrected chi connectivity index (χ1v) is 9.83. The number of fused-ring (bicyclic) bond motifs is 1. The predicted molar refractivity (Wildman–Crippen MR) is 121 cm³/mol. The van der Waals surface area contributed by atoms with Gasteiger partial charge in [0.2, 0.25) is 0 Å². The normalized spacial score (nSPS) is 11.6. The third kappa shape index (κ3) is 4.83. The quantitative estimate of drug-likeness (QED) is 0.406. The summed E-state index contributed by atoms with van der Waals surface area (Å²) in [5.41, 5.74) is 11.0. The summed E-state index contributed by atoms with van der Waals surface area (Å²) in [6.07, 6.45) is 2.07. The van der Waals surface area contributed by atoms with E-state index in [1.54, 1.807) is 0 Å². The topological polar surface area (TPSA) is 48.1 Å². The highest BCUT2D eigenvalue weighted by atomic mass is 35.5. The monoisotopic (exact) mass is 400 g/mol. The summed E-state index contributed by atoms with van der Waals surface area (Å²) in [7, 11) is 0. The number of hydrogen-bond acceptors (Lipinski definition) is 3. The number of hydrogen-bond donors (Lipinski definition) is 1. The van der Waals surface area contributed by atoms with Crippen LogP contribution >= 0.6 is 11.6 Å². The van der Waals surface area contributed by atoms with Crippen LogP contribution in [0.3, 0.4) is 0 Å². The minimum absolute atomic E-state index is 0.425. The number of aromatic nitrogens is 1. The van der Waals surface area contributed by atoms with Gasteiger partial charge in [-0.05, 0) is 59.2 Å². The zero-order valence-electron chi connectivity index (χ0n) is 15.9. The Kier molecular flexibility index (Phi) is 5.89. The van der Waals surface area contributed by atoms with Gasteiger partial charge >= 0.3 is 0 Å². The summed E-state index contributed by atoms with van der Waals surface area (Å²) in [6, 6.07) is 27.8. The second-order valence-electron chi connectivity index (χ2n) is 6.73. The van der Waals surface area contributed by atoms with Crippen LogP contribution in [0, 0.1) is 0 Å². The lowest BCUT2D eigenvalue weighted by Crippen LogP contribution is -2.02. The van der Waals surface area contributed by atoms with E-state index in [4.69, 9.17) is 22.1 Å². The highest BCUT2D eigenvalue weighted by Gasteiger charge is 2.03. The first kappa shape index (κ1) is 19.2. The van der Waals surface area contributed by atoms with Crippen LogP contribution in [0.25, 0.3) is 22.6 Å². The minimum Gasteiger partial charge on any atom is -0.487 e. The lowest BCUT2D eigenvalue weighted by molar-refractivity contribution is 0.302. The van der Waals surface area contributed by atoms with Crippen molar-refractivity contribution in [3.8, 4) is 5.75 Å². The zero-order chi connectivity index (χ0) is 20.1. The zero-order valence-corrected chi connectivity index (χ0v) is 16.6. The van der Waals surface area contributed by atoms with E-state index in [2.05, 4.69) is 23.2 Å². The second-order valence-corrected chi connectivity index (χ2v) is 7.17. The molecule has 144 valence electrons. The van der Waals surface area contributed by atoms with E-state index in [1.165, 1.54) is 0 Å². The van der Waals surface area contributed by atoms with Gasteiger partial charge in [0.25, 0.3) is 0 Å². The first-order valence-electron chi connectivity index (χ1n) is 9.45. The van der Waals surface area contributed by atoms with Gasteiger partial charge in [-0.2, -0.15) is 0 Å². The van der Waals surface area contributed by atoms with Gasteiger partial charge in [0.15, 0.2) is 0 Å². The van der Waals surface area contributed by atoms with Crippen molar-refractivity contribution >= 4 is 34.2 Å². The second kappa shape index (κ2) is 8.91. The van der Waals surface area contributed by atoms with Crippen LogP contribution < -0.4 is 10.5 Å². The Balaban J connectivity index is 1.45. The van der Waals surface area contributed by atoms with Gasteiger partial charge in [-0.15, -0.1) is 0 Å². The first-order chi connectivity index (χ1) is 14.2. The average Bonchev–Trinajstić information content (AvgIpc) is 2.77. The van der Waals surface area contributed by atoms with Gasteiger partial charge in [0, 0.05) is 17.0 Å². The molecule has 0 atom stereocenters. The molecule has 0 spiro atoms.